The Morgan fingerprint density at radius 1 is 1.25 bits per heavy atom. The first-order valence-electron chi connectivity index (χ1n) is 5.40. The van der Waals surface area contributed by atoms with Gasteiger partial charge < -0.3 is 0 Å². The van der Waals surface area contributed by atoms with Gasteiger partial charge in [0.05, 0.1) is 0 Å². The second kappa shape index (κ2) is 5.21. The Kier molecular flexibility index (Phi) is 3.43. The summed E-state index contributed by atoms with van der Waals surface area (Å²) in [4.78, 5) is 0. The maximum atomic E-state index is 3.93. The predicted octanol–water partition coefficient (Wildman–Crippen LogP) is 2.68. The van der Waals surface area contributed by atoms with Crippen molar-refractivity contribution in [1.82, 2.24) is 20.6 Å². The number of hydrogen-bond donors (Lipinski definition) is 1. The molecule has 0 fully saturated rings. The van der Waals surface area contributed by atoms with Gasteiger partial charge in [-0.1, -0.05) is 49.8 Å². The fraction of sp³-hybridized carbons (Fsp3) is 0.250. The maximum Gasteiger partial charge on any atom is 0.204 e. The van der Waals surface area contributed by atoms with Crippen LogP contribution in [0.15, 0.2) is 30.3 Å². The quantitative estimate of drug-likeness (QED) is 0.851. The van der Waals surface area contributed by atoms with Crippen molar-refractivity contribution in [3.05, 3.63) is 35.9 Å². The van der Waals surface area contributed by atoms with Gasteiger partial charge in [0.15, 0.2) is 0 Å². The van der Waals surface area contributed by atoms with Gasteiger partial charge in [-0.25, -0.2) is 0 Å². The van der Waals surface area contributed by atoms with Gasteiger partial charge >= 0.3 is 0 Å². The molecule has 4 heteroatoms. The molecule has 1 aromatic heterocycles. The monoisotopic (exact) mass is 214 g/mol. The van der Waals surface area contributed by atoms with E-state index in [4.69, 9.17) is 0 Å². The fourth-order valence-electron chi connectivity index (χ4n) is 1.41. The summed E-state index contributed by atoms with van der Waals surface area (Å²) in [5.74, 6) is 0.629. The van der Waals surface area contributed by atoms with E-state index >= 15 is 0 Å². The van der Waals surface area contributed by atoms with Crippen LogP contribution < -0.4 is 0 Å². The van der Waals surface area contributed by atoms with Crippen molar-refractivity contribution in [2.45, 2.75) is 19.8 Å². The Hall–Kier alpha value is -1.97. The molecule has 0 spiro atoms. The smallest absolute Gasteiger partial charge is 0.177 e. The number of nitrogens with zero attached hydrogens (tertiary/aromatic N) is 3. The summed E-state index contributed by atoms with van der Waals surface area (Å²) in [6.45, 7) is 2.17. The average Bonchev–Trinajstić information content (AvgIpc) is 2.84. The lowest BCUT2D eigenvalue weighted by molar-refractivity contribution is 0.881. The van der Waals surface area contributed by atoms with Gasteiger partial charge in [-0.05, 0) is 17.2 Å². The summed E-state index contributed by atoms with van der Waals surface area (Å²) < 4.78 is 0. The van der Waals surface area contributed by atoms with Crippen LogP contribution in [-0.4, -0.2) is 20.6 Å². The van der Waals surface area contributed by atoms with Crippen molar-refractivity contribution < 1.29 is 0 Å². The maximum absolute atomic E-state index is 3.93. The Balaban J connectivity index is 2.11. The molecule has 0 bridgehead atoms. The zero-order valence-corrected chi connectivity index (χ0v) is 9.22. The molecular formula is C12H14N4. The largest absolute Gasteiger partial charge is 0.204 e. The molecule has 0 aliphatic rings. The van der Waals surface area contributed by atoms with E-state index in [1.165, 1.54) is 12.0 Å². The number of aromatic nitrogens is 4. The van der Waals surface area contributed by atoms with E-state index in [-0.39, 0.29) is 0 Å². The van der Waals surface area contributed by atoms with Crippen LogP contribution in [0.25, 0.3) is 17.5 Å². The first-order valence-corrected chi connectivity index (χ1v) is 5.40. The van der Waals surface area contributed by atoms with Crippen LogP contribution in [0.1, 0.15) is 25.3 Å². The number of aromatic amines is 1. The minimum absolute atomic E-state index is 0.629. The molecule has 0 radical (unpaired) electrons. The molecule has 0 saturated carbocycles. The first kappa shape index (κ1) is 10.5. The minimum Gasteiger partial charge on any atom is -0.177 e. The predicted molar refractivity (Wildman–Crippen MR) is 63.6 cm³/mol. The zero-order chi connectivity index (χ0) is 11.2. The molecule has 1 N–H and O–H groups in total. The second-order valence-corrected chi connectivity index (χ2v) is 3.55. The molecule has 0 amide bonds. The molecular weight excluding hydrogens is 200 g/mol. The zero-order valence-electron chi connectivity index (χ0n) is 9.22. The average molecular weight is 214 g/mol. The van der Waals surface area contributed by atoms with Gasteiger partial charge in [0.25, 0.3) is 0 Å². The molecule has 1 aromatic carbocycles. The minimum atomic E-state index is 0.629. The van der Waals surface area contributed by atoms with Gasteiger partial charge in [0.1, 0.15) is 0 Å². The summed E-state index contributed by atoms with van der Waals surface area (Å²) >= 11 is 0. The molecule has 2 rings (SSSR count). The van der Waals surface area contributed by atoms with Crippen LogP contribution >= 0.6 is 0 Å². The number of tetrazole rings is 1. The standard InChI is InChI=1S/C12H14N4/c1-2-3-4-5-10-6-8-11(9-7-10)12-13-15-16-14-12/h4-9H,2-3H2,1H3,(H,13,14,15,16). The van der Waals surface area contributed by atoms with Crippen molar-refractivity contribution in [3.63, 3.8) is 0 Å². The van der Waals surface area contributed by atoms with Gasteiger partial charge in [0, 0.05) is 5.56 Å². The third-order valence-electron chi connectivity index (χ3n) is 2.28. The highest BCUT2D eigenvalue weighted by Gasteiger charge is 2.00. The van der Waals surface area contributed by atoms with Gasteiger partial charge in [-0.15, -0.1) is 10.2 Å². The Bertz CT molecular complexity index is 442. The van der Waals surface area contributed by atoms with Crippen LogP contribution in [0.3, 0.4) is 0 Å². The van der Waals surface area contributed by atoms with Crippen molar-refractivity contribution in [2.75, 3.05) is 0 Å². The van der Waals surface area contributed by atoms with Gasteiger partial charge in [-0.3, -0.25) is 0 Å². The van der Waals surface area contributed by atoms with E-state index in [1.54, 1.807) is 0 Å². The van der Waals surface area contributed by atoms with E-state index in [0.717, 1.165) is 12.0 Å². The molecule has 0 saturated heterocycles. The Morgan fingerprint density at radius 3 is 2.69 bits per heavy atom. The van der Waals surface area contributed by atoms with Crippen LogP contribution in [-0.2, 0) is 0 Å². The molecule has 16 heavy (non-hydrogen) atoms. The molecule has 1 heterocycles. The van der Waals surface area contributed by atoms with Crippen LogP contribution in [0.2, 0.25) is 0 Å². The molecule has 0 aliphatic carbocycles. The molecule has 4 nitrogen and oxygen atoms in total. The lowest BCUT2D eigenvalue weighted by Crippen LogP contribution is -1.81. The lowest BCUT2D eigenvalue weighted by Gasteiger charge is -1.96. The van der Waals surface area contributed by atoms with Crippen molar-refractivity contribution in [1.29, 1.82) is 0 Å². The SMILES string of the molecule is CCCC=Cc1ccc(-c2nn[nH]n2)cc1. The highest BCUT2D eigenvalue weighted by molar-refractivity contribution is 5.59. The Morgan fingerprint density at radius 2 is 2.06 bits per heavy atom. The third-order valence-corrected chi connectivity index (χ3v) is 2.28. The number of nitrogens with one attached hydrogen (secondary N) is 1. The number of H-pyrrole nitrogens is 1. The van der Waals surface area contributed by atoms with E-state index in [9.17, 15) is 0 Å². The topological polar surface area (TPSA) is 54.5 Å². The second-order valence-electron chi connectivity index (χ2n) is 3.55. The first-order chi connectivity index (χ1) is 7.90. The van der Waals surface area contributed by atoms with Crippen LogP contribution in [0, 0.1) is 0 Å². The van der Waals surface area contributed by atoms with Crippen molar-refractivity contribution in [3.8, 4) is 11.4 Å². The van der Waals surface area contributed by atoms with Crippen molar-refractivity contribution in [2.24, 2.45) is 0 Å². The highest BCUT2D eigenvalue weighted by atomic mass is 15.5. The molecule has 0 atom stereocenters. The van der Waals surface area contributed by atoms with Crippen molar-refractivity contribution >= 4 is 6.08 Å². The van der Waals surface area contributed by atoms with Crippen LogP contribution in [0.4, 0.5) is 0 Å². The molecule has 82 valence electrons. The van der Waals surface area contributed by atoms with E-state index in [1.807, 2.05) is 12.1 Å². The summed E-state index contributed by atoms with van der Waals surface area (Å²) in [6, 6.07) is 8.10. The molecule has 2 aromatic rings. The highest BCUT2D eigenvalue weighted by Crippen LogP contribution is 2.14. The number of allylic oxidation sites excluding steroid dienone is 1. The summed E-state index contributed by atoms with van der Waals surface area (Å²) in [6.07, 6.45) is 6.61. The normalized spacial score (nSPS) is 11.1. The lowest BCUT2D eigenvalue weighted by atomic mass is 10.1. The summed E-state index contributed by atoms with van der Waals surface area (Å²) in [7, 11) is 0. The molecule has 0 unspecified atom stereocenters. The van der Waals surface area contributed by atoms with Gasteiger partial charge in [-0.2, -0.15) is 5.21 Å². The number of hydrogen-bond acceptors (Lipinski definition) is 3. The fourth-order valence-corrected chi connectivity index (χ4v) is 1.41. The summed E-state index contributed by atoms with van der Waals surface area (Å²) in [5, 5.41) is 13.8. The third kappa shape index (κ3) is 2.53. The Labute approximate surface area is 94.4 Å². The van der Waals surface area contributed by atoms with E-state index in [2.05, 4.69) is 51.8 Å². The van der Waals surface area contributed by atoms with E-state index in [0.29, 0.717) is 5.82 Å². The molecule has 0 aliphatic heterocycles. The van der Waals surface area contributed by atoms with Crippen LogP contribution in [0.5, 0.6) is 0 Å². The summed E-state index contributed by atoms with van der Waals surface area (Å²) in [5.41, 5.74) is 2.17. The number of benzene rings is 1. The van der Waals surface area contributed by atoms with Gasteiger partial charge in [0.2, 0.25) is 5.82 Å². The number of rotatable bonds is 4. The van der Waals surface area contributed by atoms with E-state index < -0.39 is 0 Å². The number of unbranched alkanes of at least 4 members (excludes halogenated alkanes) is 1.